The highest BCUT2D eigenvalue weighted by atomic mass is 19.1. The fourth-order valence-corrected chi connectivity index (χ4v) is 3.55. The van der Waals surface area contributed by atoms with Gasteiger partial charge in [-0.05, 0) is 32.8 Å². The number of rotatable bonds is 4. The van der Waals surface area contributed by atoms with Gasteiger partial charge >= 0.3 is 0 Å². The zero-order valence-electron chi connectivity index (χ0n) is 14.3. The van der Waals surface area contributed by atoms with Crippen LogP contribution in [0.4, 0.5) is 4.39 Å². The summed E-state index contributed by atoms with van der Waals surface area (Å²) in [6.45, 7) is 10.6. The van der Waals surface area contributed by atoms with Crippen molar-refractivity contribution in [1.82, 2.24) is 14.9 Å². The summed E-state index contributed by atoms with van der Waals surface area (Å²) >= 11 is 0. The molecule has 23 heavy (non-hydrogen) atoms. The Morgan fingerprint density at radius 3 is 2.39 bits per heavy atom. The van der Waals surface area contributed by atoms with E-state index in [9.17, 15) is 4.39 Å². The fraction of sp³-hybridized carbons (Fsp3) is 0.824. The van der Waals surface area contributed by atoms with Crippen LogP contribution in [-0.4, -0.2) is 78.7 Å². The molecule has 3 rings (SSSR count). The van der Waals surface area contributed by atoms with Crippen LogP contribution in [0.3, 0.4) is 0 Å². The first-order valence-corrected chi connectivity index (χ1v) is 8.90. The number of halogens is 1. The molecule has 3 heterocycles. The molecule has 0 aliphatic carbocycles. The van der Waals surface area contributed by atoms with Gasteiger partial charge in [0.2, 0.25) is 0 Å². The molecule has 0 spiro atoms. The maximum atomic E-state index is 13.0. The van der Waals surface area contributed by atoms with E-state index >= 15 is 0 Å². The number of likely N-dealkylation sites (tertiary alicyclic amines) is 1. The Bertz CT molecular complexity index is 438. The average Bonchev–Trinajstić information content (AvgIpc) is 2.57. The van der Waals surface area contributed by atoms with Crippen molar-refractivity contribution in [3.05, 3.63) is 11.9 Å². The smallest absolute Gasteiger partial charge is 0.137 e. The van der Waals surface area contributed by atoms with E-state index in [4.69, 9.17) is 4.84 Å². The van der Waals surface area contributed by atoms with Gasteiger partial charge < -0.3 is 0 Å². The molecule has 0 N–H and O–H groups in total. The Hall–Kier alpha value is -0.820. The summed E-state index contributed by atoms with van der Waals surface area (Å²) in [5.41, 5.74) is 0. The summed E-state index contributed by atoms with van der Waals surface area (Å²) < 4.78 is 13.0. The van der Waals surface area contributed by atoms with Crippen LogP contribution < -0.4 is 0 Å². The number of piperazine rings is 1. The monoisotopic (exact) mass is 324 g/mol. The third-order valence-electron chi connectivity index (χ3n) is 5.09. The van der Waals surface area contributed by atoms with Crippen LogP contribution >= 0.6 is 0 Å². The molecule has 3 aliphatic rings. The lowest BCUT2D eigenvalue weighted by Gasteiger charge is -2.40. The molecule has 0 unspecified atom stereocenters. The Morgan fingerprint density at radius 1 is 1.13 bits per heavy atom. The van der Waals surface area contributed by atoms with Gasteiger partial charge in [0.05, 0.1) is 12.3 Å². The van der Waals surface area contributed by atoms with E-state index in [1.165, 1.54) is 6.21 Å². The van der Waals surface area contributed by atoms with Gasteiger partial charge in [-0.15, -0.1) is 0 Å². The quantitative estimate of drug-likeness (QED) is 0.792. The number of hydrogen-bond acceptors (Lipinski definition) is 5. The van der Waals surface area contributed by atoms with Crippen LogP contribution in [0.15, 0.2) is 16.9 Å². The third-order valence-corrected chi connectivity index (χ3v) is 5.09. The lowest BCUT2D eigenvalue weighted by atomic mass is 10.1. The number of aliphatic imine (C=N–C) groups is 1. The van der Waals surface area contributed by atoms with E-state index in [1.54, 1.807) is 6.08 Å². The minimum atomic E-state index is -0.208. The highest BCUT2D eigenvalue weighted by Gasteiger charge is 2.28. The van der Waals surface area contributed by atoms with E-state index in [0.717, 1.165) is 52.1 Å². The molecule has 0 aromatic carbocycles. The second-order valence-corrected chi connectivity index (χ2v) is 6.98. The summed E-state index contributed by atoms with van der Waals surface area (Å²) in [5.74, 6) is -0.208. The standard InChI is InChI=1S/C17H29FN4O/c1-14(2)20-9-11-22(12-10-20)23-16-5-7-21(8-6-16)17-4-3-15(18)13-19-17/h3,13-14,16-17H,4-12H2,1-2H3/t17-/m1/s1. The van der Waals surface area contributed by atoms with E-state index in [-0.39, 0.29) is 12.0 Å². The first kappa shape index (κ1) is 17.0. The van der Waals surface area contributed by atoms with Crippen LogP contribution in [0.2, 0.25) is 0 Å². The van der Waals surface area contributed by atoms with Gasteiger partial charge in [-0.2, -0.15) is 5.06 Å². The molecule has 0 aromatic heterocycles. The highest BCUT2D eigenvalue weighted by molar-refractivity contribution is 5.76. The minimum absolute atomic E-state index is 0.116. The van der Waals surface area contributed by atoms with Gasteiger partial charge in [0.1, 0.15) is 12.0 Å². The summed E-state index contributed by atoms with van der Waals surface area (Å²) in [4.78, 5) is 15.3. The van der Waals surface area contributed by atoms with Gasteiger partial charge in [-0.25, -0.2) is 4.39 Å². The molecule has 6 heteroatoms. The molecule has 0 aromatic rings. The van der Waals surface area contributed by atoms with E-state index in [0.29, 0.717) is 18.6 Å². The van der Waals surface area contributed by atoms with Crippen molar-refractivity contribution < 1.29 is 9.23 Å². The molecule has 0 radical (unpaired) electrons. The van der Waals surface area contributed by atoms with Gasteiger partial charge in [-0.3, -0.25) is 19.6 Å². The Balaban J connectivity index is 1.38. The van der Waals surface area contributed by atoms with Crippen LogP contribution in [0, 0.1) is 0 Å². The average molecular weight is 324 g/mol. The topological polar surface area (TPSA) is 31.3 Å². The van der Waals surface area contributed by atoms with Crippen LogP contribution in [-0.2, 0) is 4.84 Å². The number of piperidine rings is 1. The summed E-state index contributed by atoms with van der Waals surface area (Å²) in [7, 11) is 0. The maximum absolute atomic E-state index is 13.0. The Morgan fingerprint density at radius 2 is 1.83 bits per heavy atom. The normalized spacial score (nSPS) is 29.2. The molecule has 1 atom stereocenters. The van der Waals surface area contributed by atoms with Crippen molar-refractivity contribution in [2.75, 3.05) is 39.3 Å². The van der Waals surface area contributed by atoms with Crippen molar-refractivity contribution in [1.29, 1.82) is 0 Å². The van der Waals surface area contributed by atoms with Gasteiger partial charge in [0.15, 0.2) is 0 Å². The molecule has 5 nitrogen and oxygen atoms in total. The minimum Gasteiger partial charge on any atom is -0.298 e. The summed E-state index contributed by atoms with van der Waals surface area (Å²) in [6, 6.07) is 0.621. The Kier molecular flexibility index (Phi) is 5.80. The van der Waals surface area contributed by atoms with Crippen molar-refractivity contribution >= 4 is 6.21 Å². The lowest BCUT2D eigenvalue weighted by Crippen LogP contribution is -2.51. The zero-order chi connectivity index (χ0) is 16.2. The number of dihydropyridines is 1. The number of allylic oxidation sites excluding steroid dienone is 1. The fourth-order valence-electron chi connectivity index (χ4n) is 3.55. The molecule has 0 saturated carbocycles. The van der Waals surface area contributed by atoms with Crippen LogP contribution in [0.1, 0.15) is 33.1 Å². The van der Waals surface area contributed by atoms with Crippen LogP contribution in [0.25, 0.3) is 0 Å². The molecule has 2 fully saturated rings. The first-order chi connectivity index (χ1) is 11.1. The van der Waals surface area contributed by atoms with Crippen molar-refractivity contribution in [2.45, 2.75) is 51.4 Å². The molecule has 3 aliphatic heterocycles. The van der Waals surface area contributed by atoms with E-state index in [2.05, 4.69) is 33.7 Å². The summed E-state index contributed by atoms with van der Waals surface area (Å²) in [6.07, 6.45) is 6.16. The third kappa shape index (κ3) is 4.59. The SMILES string of the molecule is CC(C)N1CCN(OC2CCN([C@@H]3CC=C(F)C=N3)CC2)CC1. The number of nitrogens with zero attached hydrogens (tertiary/aromatic N) is 4. The predicted molar refractivity (Wildman–Crippen MR) is 90.1 cm³/mol. The summed E-state index contributed by atoms with van der Waals surface area (Å²) in [5, 5.41) is 2.15. The first-order valence-electron chi connectivity index (χ1n) is 8.90. The van der Waals surface area contributed by atoms with Gasteiger partial charge in [-0.1, -0.05) is 0 Å². The largest absolute Gasteiger partial charge is 0.298 e. The van der Waals surface area contributed by atoms with Crippen LogP contribution in [0.5, 0.6) is 0 Å². The molecule has 0 amide bonds. The van der Waals surface area contributed by atoms with Gasteiger partial charge in [0.25, 0.3) is 0 Å². The van der Waals surface area contributed by atoms with Crippen molar-refractivity contribution in [3.8, 4) is 0 Å². The number of hydroxylamine groups is 2. The molecule has 130 valence electrons. The second-order valence-electron chi connectivity index (χ2n) is 6.98. The highest BCUT2D eigenvalue weighted by Crippen LogP contribution is 2.22. The molecular weight excluding hydrogens is 295 g/mol. The molecular formula is C17H29FN4O. The number of hydrogen-bond donors (Lipinski definition) is 0. The molecule has 2 saturated heterocycles. The van der Waals surface area contributed by atoms with E-state index < -0.39 is 0 Å². The van der Waals surface area contributed by atoms with Gasteiger partial charge in [0, 0.05) is 51.7 Å². The lowest BCUT2D eigenvalue weighted by molar-refractivity contribution is -0.222. The van der Waals surface area contributed by atoms with E-state index in [1.807, 2.05) is 0 Å². The Labute approximate surface area is 138 Å². The predicted octanol–water partition coefficient (Wildman–Crippen LogP) is 2.06. The zero-order valence-corrected chi connectivity index (χ0v) is 14.3. The second kappa shape index (κ2) is 7.83. The van der Waals surface area contributed by atoms with Crippen molar-refractivity contribution in [2.24, 2.45) is 4.99 Å². The maximum Gasteiger partial charge on any atom is 0.137 e. The molecule has 0 bridgehead atoms. The van der Waals surface area contributed by atoms with Crippen molar-refractivity contribution in [3.63, 3.8) is 0 Å².